The maximum Gasteiger partial charge on any atom is 0.320 e. The number of hydrogen-bond donors (Lipinski definition) is 2. The summed E-state index contributed by atoms with van der Waals surface area (Å²) in [5, 5.41) is 8.84. The Kier molecular flexibility index (Phi) is 7.10. The third-order valence-corrected chi connectivity index (χ3v) is 5.42. The van der Waals surface area contributed by atoms with E-state index in [1.165, 1.54) is 0 Å². The van der Waals surface area contributed by atoms with Gasteiger partial charge in [0.2, 0.25) is 0 Å². The van der Waals surface area contributed by atoms with Gasteiger partial charge in [0.15, 0.2) is 0 Å². The van der Waals surface area contributed by atoms with Crippen molar-refractivity contribution in [2.45, 2.75) is 43.2 Å². The van der Waals surface area contributed by atoms with E-state index in [4.69, 9.17) is 10.8 Å². The number of carboxylic acids is 1. The van der Waals surface area contributed by atoms with Crippen LogP contribution in [0.5, 0.6) is 0 Å². The van der Waals surface area contributed by atoms with E-state index in [-0.39, 0.29) is 10.00 Å². The monoisotopic (exact) mass is 264 g/mol. The fraction of sp³-hybridized carbons (Fsp3) is 0.800. The Bertz CT molecular complexity index is 241. The Hall–Kier alpha value is -0.200. The molecule has 0 spiro atoms. The van der Waals surface area contributed by atoms with Crippen LogP contribution >= 0.6 is 21.6 Å². The van der Waals surface area contributed by atoms with Gasteiger partial charge in [0.05, 0.1) is 6.54 Å². The molecule has 94 valence electrons. The van der Waals surface area contributed by atoms with Crippen molar-refractivity contribution in [3.05, 3.63) is 0 Å². The molecule has 0 aromatic heterocycles. The van der Waals surface area contributed by atoms with Gasteiger partial charge in [0.25, 0.3) is 0 Å². The minimum Gasteiger partial charge on any atom is -0.480 e. The van der Waals surface area contributed by atoms with Crippen molar-refractivity contribution in [2.24, 2.45) is 10.7 Å². The first-order chi connectivity index (χ1) is 7.26. The van der Waals surface area contributed by atoms with Crippen LogP contribution in [0, 0.1) is 0 Å². The highest BCUT2D eigenvalue weighted by Gasteiger charge is 2.21. The zero-order chi connectivity index (χ0) is 12.8. The number of nitrogens with zero attached hydrogens (tertiary/aromatic N) is 1. The van der Waals surface area contributed by atoms with Crippen LogP contribution in [0.3, 0.4) is 0 Å². The molecule has 6 heteroatoms. The van der Waals surface area contributed by atoms with Crippen LogP contribution in [0.2, 0.25) is 0 Å². The first-order valence-corrected chi connectivity index (χ1v) is 7.23. The molecule has 0 saturated heterocycles. The Morgan fingerprint density at radius 3 is 2.50 bits per heavy atom. The Balaban J connectivity index is 4.16. The lowest BCUT2D eigenvalue weighted by atomic mass is 10.1. The largest absolute Gasteiger partial charge is 0.480 e. The number of carboxylic acid groups (broad SMARTS) is 1. The molecule has 16 heavy (non-hydrogen) atoms. The SMILES string of the molecule is C=NCC(C[C@H](N)C(=O)O)SSC(C)(C)C. The summed E-state index contributed by atoms with van der Waals surface area (Å²) < 4.78 is 0.136. The molecule has 0 aliphatic rings. The van der Waals surface area contributed by atoms with Crippen LogP contribution in [0.15, 0.2) is 4.99 Å². The summed E-state index contributed by atoms with van der Waals surface area (Å²) >= 11 is 0. The summed E-state index contributed by atoms with van der Waals surface area (Å²) in [5.74, 6) is -0.963. The van der Waals surface area contributed by atoms with Gasteiger partial charge in [-0.05, 0) is 13.1 Å². The molecule has 0 saturated carbocycles. The standard InChI is InChI=1S/C10H20N2O2S2/c1-10(2,3)16-15-7(6-12-4)5-8(11)9(13)14/h7-8H,4-6,11H2,1-3H3,(H,13,14)/t7?,8-/m0/s1. The molecule has 3 N–H and O–H groups in total. The summed E-state index contributed by atoms with van der Waals surface area (Å²) in [6.45, 7) is 10.3. The van der Waals surface area contributed by atoms with Gasteiger partial charge in [-0.25, -0.2) is 0 Å². The second-order valence-electron chi connectivity index (χ2n) is 4.50. The van der Waals surface area contributed by atoms with E-state index < -0.39 is 12.0 Å². The molecule has 0 aromatic rings. The number of carbonyl (C=O) groups is 1. The van der Waals surface area contributed by atoms with E-state index >= 15 is 0 Å². The molecule has 0 amide bonds. The van der Waals surface area contributed by atoms with E-state index in [0.29, 0.717) is 13.0 Å². The van der Waals surface area contributed by atoms with Gasteiger partial charge < -0.3 is 10.8 Å². The summed E-state index contributed by atoms with van der Waals surface area (Å²) in [6, 6.07) is -0.820. The molecule has 0 aliphatic carbocycles. The summed E-state index contributed by atoms with van der Waals surface area (Å²) in [7, 11) is 3.35. The van der Waals surface area contributed by atoms with Gasteiger partial charge in [-0.3, -0.25) is 9.79 Å². The molecule has 4 nitrogen and oxygen atoms in total. The zero-order valence-corrected chi connectivity index (χ0v) is 11.6. The number of rotatable bonds is 7. The van der Waals surface area contributed by atoms with Gasteiger partial charge in [0, 0.05) is 10.00 Å². The number of aliphatic imine (C=N–C) groups is 1. The number of aliphatic carboxylic acids is 1. The molecule has 0 fully saturated rings. The highest BCUT2D eigenvalue weighted by atomic mass is 33.1. The fourth-order valence-electron chi connectivity index (χ4n) is 0.885. The predicted octanol–water partition coefficient (Wildman–Crippen LogP) is 2.04. The van der Waals surface area contributed by atoms with E-state index in [0.717, 1.165) is 0 Å². The maximum absolute atomic E-state index is 10.7. The Morgan fingerprint density at radius 2 is 2.12 bits per heavy atom. The minimum absolute atomic E-state index is 0.104. The fourth-order valence-corrected chi connectivity index (χ4v) is 3.45. The second kappa shape index (κ2) is 7.19. The van der Waals surface area contributed by atoms with Gasteiger partial charge in [0.1, 0.15) is 6.04 Å². The van der Waals surface area contributed by atoms with E-state index in [9.17, 15) is 4.79 Å². The van der Waals surface area contributed by atoms with Crippen LogP contribution in [0.25, 0.3) is 0 Å². The molecule has 0 aromatic carbocycles. The van der Waals surface area contributed by atoms with Crippen LogP contribution in [0.1, 0.15) is 27.2 Å². The highest BCUT2D eigenvalue weighted by Crippen LogP contribution is 2.39. The van der Waals surface area contributed by atoms with Crippen LogP contribution in [-0.4, -0.2) is 40.4 Å². The van der Waals surface area contributed by atoms with Crippen molar-refractivity contribution in [1.29, 1.82) is 0 Å². The summed E-state index contributed by atoms with van der Waals surface area (Å²) in [5.41, 5.74) is 5.50. The number of nitrogens with two attached hydrogens (primary N) is 1. The molecule has 0 radical (unpaired) electrons. The zero-order valence-electron chi connectivity index (χ0n) is 9.97. The summed E-state index contributed by atoms with van der Waals surface area (Å²) in [4.78, 5) is 14.5. The molecule has 1 unspecified atom stereocenters. The molecular weight excluding hydrogens is 244 g/mol. The smallest absolute Gasteiger partial charge is 0.320 e. The van der Waals surface area contributed by atoms with E-state index in [1.54, 1.807) is 21.6 Å². The lowest BCUT2D eigenvalue weighted by molar-refractivity contribution is -0.138. The van der Waals surface area contributed by atoms with Gasteiger partial charge in [-0.1, -0.05) is 42.4 Å². The van der Waals surface area contributed by atoms with Gasteiger partial charge in [-0.15, -0.1) is 0 Å². The van der Waals surface area contributed by atoms with E-state index in [1.807, 2.05) is 0 Å². The van der Waals surface area contributed by atoms with Crippen molar-refractivity contribution in [3.63, 3.8) is 0 Å². The Labute approximate surface area is 105 Å². The molecule has 0 heterocycles. The first-order valence-electron chi connectivity index (χ1n) is 5.01. The summed E-state index contributed by atoms with van der Waals surface area (Å²) in [6.07, 6.45) is 0.419. The van der Waals surface area contributed by atoms with Crippen molar-refractivity contribution in [3.8, 4) is 0 Å². The average molecular weight is 264 g/mol. The van der Waals surface area contributed by atoms with E-state index in [2.05, 4.69) is 32.5 Å². The normalized spacial score (nSPS) is 15.5. The van der Waals surface area contributed by atoms with Crippen molar-refractivity contribution in [1.82, 2.24) is 0 Å². The molecule has 2 atom stereocenters. The molecular formula is C10H20N2O2S2. The lowest BCUT2D eigenvalue weighted by Gasteiger charge is -2.21. The van der Waals surface area contributed by atoms with Crippen molar-refractivity contribution in [2.75, 3.05) is 6.54 Å². The molecule has 0 aliphatic heterocycles. The Morgan fingerprint density at radius 1 is 1.56 bits per heavy atom. The third kappa shape index (κ3) is 8.01. The lowest BCUT2D eigenvalue weighted by Crippen LogP contribution is -2.34. The van der Waals surface area contributed by atoms with Crippen molar-refractivity contribution >= 4 is 34.3 Å². The van der Waals surface area contributed by atoms with Crippen LogP contribution in [0.4, 0.5) is 0 Å². The van der Waals surface area contributed by atoms with Gasteiger partial charge in [-0.2, -0.15) is 0 Å². The maximum atomic E-state index is 10.7. The second-order valence-corrected chi connectivity index (χ2v) is 7.83. The van der Waals surface area contributed by atoms with Crippen LogP contribution in [-0.2, 0) is 4.79 Å². The molecule has 0 rings (SSSR count). The third-order valence-electron chi connectivity index (χ3n) is 1.60. The highest BCUT2D eigenvalue weighted by molar-refractivity contribution is 8.77. The average Bonchev–Trinajstić information content (AvgIpc) is 2.13. The van der Waals surface area contributed by atoms with Gasteiger partial charge >= 0.3 is 5.97 Å². The number of hydrogen-bond acceptors (Lipinski definition) is 5. The van der Waals surface area contributed by atoms with Crippen molar-refractivity contribution < 1.29 is 9.90 Å². The molecule has 0 bridgehead atoms. The quantitative estimate of drug-likeness (QED) is 0.543. The predicted molar refractivity (Wildman–Crippen MR) is 73.4 cm³/mol. The topological polar surface area (TPSA) is 75.7 Å². The van der Waals surface area contributed by atoms with Crippen LogP contribution < -0.4 is 5.73 Å². The first kappa shape index (κ1) is 15.8. The minimum atomic E-state index is -0.963.